The van der Waals surface area contributed by atoms with E-state index in [-0.39, 0.29) is 30.9 Å². The largest absolute Gasteiger partial charge is 0.414 e. The van der Waals surface area contributed by atoms with Gasteiger partial charge in [-0.3, -0.25) is 4.98 Å². The van der Waals surface area contributed by atoms with E-state index in [0.717, 1.165) is 17.1 Å². The van der Waals surface area contributed by atoms with Gasteiger partial charge in [0.15, 0.2) is 0 Å². The first-order valence-corrected chi connectivity index (χ1v) is 7.97. The molecule has 3 aromatic rings. The van der Waals surface area contributed by atoms with Crippen molar-refractivity contribution in [2.24, 2.45) is 0 Å². The zero-order chi connectivity index (χ0) is 16.2. The molecule has 1 radical (unpaired) electrons. The molecule has 0 spiro atoms. The SMILES string of the molecule is CC1(C)c2cccnc2-n2[c-]nc(-c3ccccc3)c2C1(C)C.[Ir]. The summed E-state index contributed by atoms with van der Waals surface area (Å²) in [5.41, 5.74) is 4.40. The summed E-state index contributed by atoms with van der Waals surface area (Å²) in [6.07, 6.45) is 5.02. The van der Waals surface area contributed by atoms with Gasteiger partial charge in [0.25, 0.3) is 0 Å². The number of hydrogen-bond acceptors (Lipinski definition) is 2. The first-order valence-electron chi connectivity index (χ1n) is 7.97. The van der Waals surface area contributed by atoms with Crippen molar-refractivity contribution in [3.8, 4) is 17.1 Å². The predicted molar refractivity (Wildman–Crippen MR) is 91.7 cm³/mol. The van der Waals surface area contributed by atoms with Crippen LogP contribution in [0.4, 0.5) is 0 Å². The standard InChI is InChI=1S/C20H20N3.Ir/c1-19(2)15-11-8-12-21-18(15)23-13-22-16(17(23)20(19,3)4)14-9-6-5-7-10-14;/h5-12H,1-4H3;/q-1;. The molecule has 0 N–H and O–H groups in total. The fourth-order valence-electron chi connectivity index (χ4n) is 3.53. The number of pyridine rings is 1. The third-order valence-corrected chi connectivity index (χ3v) is 5.58. The van der Waals surface area contributed by atoms with Crippen LogP contribution in [0.1, 0.15) is 39.0 Å². The summed E-state index contributed by atoms with van der Waals surface area (Å²) in [5, 5.41) is 0. The smallest absolute Gasteiger partial charge is 0.0588 e. The molecule has 1 aliphatic rings. The van der Waals surface area contributed by atoms with E-state index in [1.807, 2.05) is 35.0 Å². The molecular weight excluding hydrogens is 474 g/mol. The van der Waals surface area contributed by atoms with Crippen LogP contribution in [0, 0.1) is 6.33 Å². The van der Waals surface area contributed by atoms with Crippen LogP contribution in [0.25, 0.3) is 17.1 Å². The van der Waals surface area contributed by atoms with E-state index < -0.39 is 0 Å². The van der Waals surface area contributed by atoms with Crippen LogP contribution in [0.3, 0.4) is 0 Å². The van der Waals surface area contributed by atoms with Crippen LogP contribution in [0.2, 0.25) is 0 Å². The van der Waals surface area contributed by atoms with Crippen LogP contribution in [-0.2, 0) is 30.9 Å². The molecule has 1 aromatic carbocycles. The Morgan fingerprint density at radius 1 is 0.917 bits per heavy atom. The molecule has 0 saturated carbocycles. The predicted octanol–water partition coefficient (Wildman–Crippen LogP) is 4.30. The second-order valence-electron chi connectivity index (χ2n) is 7.24. The van der Waals surface area contributed by atoms with Crippen molar-refractivity contribution in [3.05, 3.63) is 66.2 Å². The number of nitrogens with zero attached hydrogens (tertiary/aromatic N) is 3. The molecule has 0 amide bonds. The van der Waals surface area contributed by atoms with Gasteiger partial charge in [0.1, 0.15) is 0 Å². The number of benzene rings is 1. The monoisotopic (exact) mass is 495 g/mol. The van der Waals surface area contributed by atoms with Gasteiger partial charge in [-0.25, -0.2) is 0 Å². The second kappa shape index (κ2) is 5.65. The summed E-state index contributed by atoms with van der Waals surface area (Å²) in [4.78, 5) is 9.25. The van der Waals surface area contributed by atoms with E-state index in [1.165, 1.54) is 11.3 Å². The number of hydrogen-bond donors (Lipinski definition) is 0. The molecule has 0 fully saturated rings. The van der Waals surface area contributed by atoms with Crippen LogP contribution in [0.15, 0.2) is 48.7 Å². The molecule has 0 bridgehead atoms. The average molecular weight is 495 g/mol. The van der Waals surface area contributed by atoms with Crippen molar-refractivity contribution in [1.82, 2.24) is 14.5 Å². The molecule has 0 unspecified atom stereocenters. The normalized spacial score (nSPS) is 16.7. The number of rotatable bonds is 1. The third-order valence-electron chi connectivity index (χ3n) is 5.58. The Labute approximate surface area is 156 Å². The zero-order valence-electron chi connectivity index (χ0n) is 14.3. The minimum Gasteiger partial charge on any atom is -0.414 e. The quantitative estimate of drug-likeness (QED) is 0.473. The fourth-order valence-corrected chi connectivity index (χ4v) is 3.53. The summed E-state index contributed by atoms with van der Waals surface area (Å²) < 4.78 is 2.04. The summed E-state index contributed by atoms with van der Waals surface area (Å²) in [7, 11) is 0. The van der Waals surface area contributed by atoms with Crippen molar-refractivity contribution < 1.29 is 20.1 Å². The number of aromatic nitrogens is 3. The van der Waals surface area contributed by atoms with E-state index >= 15 is 0 Å². The third kappa shape index (κ3) is 2.13. The molecule has 4 heteroatoms. The van der Waals surface area contributed by atoms with Gasteiger partial charge in [-0.05, 0) is 33.7 Å². The van der Waals surface area contributed by atoms with Crippen LogP contribution < -0.4 is 0 Å². The Balaban J connectivity index is 0.00000169. The van der Waals surface area contributed by atoms with Crippen molar-refractivity contribution in [3.63, 3.8) is 0 Å². The molecule has 24 heavy (non-hydrogen) atoms. The second-order valence-corrected chi connectivity index (χ2v) is 7.24. The van der Waals surface area contributed by atoms with Gasteiger partial charge in [-0.15, -0.1) is 0 Å². The average Bonchev–Trinajstić information content (AvgIpc) is 3.00. The summed E-state index contributed by atoms with van der Waals surface area (Å²) >= 11 is 0. The van der Waals surface area contributed by atoms with Crippen molar-refractivity contribution in [2.45, 2.75) is 38.5 Å². The topological polar surface area (TPSA) is 30.7 Å². The van der Waals surface area contributed by atoms with Gasteiger partial charge >= 0.3 is 0 Å². The van der Waals surface area contributed by atoms with Gasteiger partial charge in [-0.1, -0.05) is 69.8 Å². The van der Waals surface area contributed by atoms with Gasteiger partial charge < -0.3 is 9.55 Å². The fraction of sp³-hybridized carbons (Fsp3) is 0.300. The van der Waals surface area contributed by atoms with E-state index in [0.29, 0.717) is 0 Å². The van der Waals surface area contributed by atoms with Crippen molar-refractivity contribution >= 4 is 0 Å². The molecule has 0 aliphatic carbocycles. The Hall–Kier alpha value is -1.77. The molecule has 3 heterocycles. The molecule has 2 aromatic heterocycles. The Morgan fingerprint density at radius 3 is 2.33 bits per heavy atom. The summed E-state index contributed by atoms with van der Waals surface area (Å²) in [6.45, 7) is 9.16. The maximum atomic E-state index is 4.63. The first-order chi connectivity index (χ1) is 10.9. The summed E-state index contributed by atoms with van der Waals surface area (Å²) in [5.74, 6) is 0.946. The van der Waals surface area contributed by atoms with Crippen molar-refractivity contribution in [2.75, 3.05) is 0 Å². The van der Waals surface area contributed by atoms with E-state index in [4.69, 9.17) is 0 Å². The molecule has 3 nitrogen and oxygen atoms in total. The van der Waals surface area contributed by atoms with E-state index in [2.05, 4.69) is 62.2 Å². The Bertz CT molecular complexity index is 865. The van der Waals surface area contributed by atoms with Crippen LogP contribution >= 0.6 is 0 Å². The molecule has 1 aliphatic heterocycles. The van der Waals surface area contributed by atoms with E-state index in [9.17, 15) is 0 Å². The van der Waals surface area contributed by atoms with Crippen LogP contribution in [-0.4, -0.2) is 14.5 Å². The van der Waals surface area contributed by atoms with Gasteiger partial charge in [0.05, 0.1) is 5.82 Å². The number of fused-ring (bicyclic) bond motifs is 3. The summed E-state index contributed by atoms with van der Waals surface area (Å²) in [6, 6.07) is 14.5. The van der Waals surface area contributed by atoms with Gasteiger partial charge in [-0.2, -0.15) is 0 Å². The molecule has 125 valence electrons. The number of imidazole rings is 1. The maximum Gasteiger partial charge on any atom is 0.0588 e. The molecule has 4 rings (SSSR count). The minimum absolute atomic E-state index is 0. The van der Waals surface area contributed by atoms with Gasteiger partial charge in [0.2, 0.25) is 0 Å². The maximum absolute atomic E-state index is 4.63. The Kier molecular flexibility index (Phi) is 4.01. The van der Waals surface area contributed by atoms with Crippen molar-refractivity contribution in [1.29, 1.82) is 0 Å². The molecular formula is C20H20IrN3-. The minimum atomic E-state index is -0.0960. The first kappa shape index (κ1) is 17.1. The molecule has 0 saturated heterocycles. The molecule has 0 atom stereocenters. The van der Waals surface area contributed by atoms with Gasteiger partial charge in [0, 0.05) is 32.6 Å². The Morgan fingerprint density at radius 2 is 1.62 bits per heavy atom. The zero-order valence-corrected chi connectivity index (χ0v) is 16.7. The van der Waals surface area contributed by atoms with Crippen LogP contribution in [0.5, 0.6) is 0 Å². The van der Waals surface area contributed by atoms with E-state index in [1.54, 1.807) is 0 Å².